The fraction of sp³-hybridized carbons (Fsp3) is 0.0588. The van der Waals surface area contributed by atoms with Gasteiger partial charge in [0.2, 0.25) is 0 Å². The van der Waals surface area contributed by atoms with E-state index in [1.54, 1.807) is 23.0 Å². The molecule has 1 heterocycles. The molecule has 0 amide bonds. The molecule has 0 aliphatic heterocycles. The van der Waals surface area contributed by atoms with Crippen LogP contribution in [0.1, 0.15) is 15.9 Å². The number of hydrogen-bond donors (Lipinski definition) is 0. The number of nitro benzene ring substituents is 1. The Morgan fingerprint density at radius 2 is 1.83 bits per heavy atom. The summed E-state index contributed by atoms with van der Waals surface area (Å²) in [4.78, 5) is 22.2. The maximum atomic E-state index is 12.1. The highest BCUT2D eigenvalue weighted by Gasteiger charge is 2.11. The lowest BCUT2D eigenvalue weighted by atomic mass is 10.2. The van der Waals surface area contributed by atoms with Crippen LogP contribution in [0, 0.1) is 10.1 Å². The molecule has 1 aromatic heterocycles. The Balaban J connectivity index is 1.63. The van der Waals surface area contributed by atoms with Crippen LogP contribution in [-0.4, -0.2) is 20.7 Å². The number of benzene rings is 2. The number of ether oxygens (including phenoxy) is 1. The van der Waals surface area contributed by atoms with Gasteiger partial charge >= 0.3 is 5.97 Å². The highest BCUT2D eigenvalue weighted by atomic mass is 16.6. The number of non-ortho nitro benzene ring substituents is 1. The third-order valence-corrected chi connectivity index (χ3v) is 3.36. The molecule has 0 atom stereocenters. The summed E-state index contributed by atoms with van der Waals surface area (Å²) in [7, 11) is 0. The zero-order valence-corrected chi connectivity index (χ0v) is 12.5. The largest absolute Gasteiger partial charge is 0.457 e. The van der Waals surface area contributed by atoms with E-state index in [0.29, 0.717) is 11.1 Å². The van der Waals surface area contributed by atoms with E-state index in [0.717, 1.165) is 5.69 Å². The van der Waals surface area contributed by atoms with E-state index < -0.39 is 10.9 Å². The molecule has 0 aliphatic carbocycles. The second-order valence-corrected chi connectivity index (χ2v) is 5.01. The summed E-state index contributed by atoms with van der Waals surface area (Å²) >= 11 is 0. The number of carbonyl (C=O) groups is 1. The van der Waals surface area contributed by atoms with Crippen LogP contribution < -0.4 is 0 Å². The van der Waals surface area contributed by atoms with E-state index in [-0.39, 0.29) is 12.3 Å². The molecule has 0 aliphatic rings. The van der Waals surface area contributed by atoms with Crippen molar-refractivity contribution < 1.29 is 14.5 Å². The van der Waals surface area contributed by atoms with E-state index in [2.05, 4.69) is 5.10 Å². The fourth-order valence-corrected chi connectivity index (χ4v) is 2.10. The van der Waals surface area contributed by atoms with Gasteiger partial charge in [0.15, 0.2) is 0 Å². The van der Waals surface area contributed by atoms with Crippen LogP contribution in [0.25, 0.3) is 5.69 Å². The fourth-order valence-electron chi connectivity index (χ4n) is 2.10. The average Bonchev–Trinajstić information content (AvgIpc) is 3.11. The minimum atomic E-state index is -0.504. The molecule has 0 spiro atoms. The SMILES string of the molecule is O=C(OCc1ccc([N+](=O)[O-])cc1)c1cnn(-c2ccccc2)c1. The van der Waals surface area contributed by atoms with E-state index in [1.165, 1.54) is 18.3 Å². The first-order chi connectivity index (χ1) is 11.6. The van der Waals surface area contributed by atoms with Gasteiger partial charge < -0.3 is 4.74 Å². The van der Waals surface area contributed by atoms with Crippen molar-refractivity contribution in [3.8, 4) is 5.69 Å². The molecule has 7 nitrogen and oxygen atoms in total. The molecule has 24 heavy (non-hydrogen) atoms. The molecule has 0 radical (unpaired) electrons. The van der Waals surface area contributed by atoms with Crippen molar-refractivity contribution in [2.45, 2.75) is 6.61 Å². The van der Waals surface area contributed by atoms with Gasteiger partial charge in [0.25, 0.3) is 5.69 Å². The van der Waals surface area contributed by atoms with E-state index in [1.807, 2.05) is 30.3 Å². The zero-order valence-electron chi connectivity index (χ0n) is 12.5. The van der Waals surface area contributed by atoms with Crippen LogP contribution in [0.4, 0.5) is 5.69 Å². The lowest BCUT2D eigenvalue weighted by Gasteiger charge is -2.03. The first-order valence-corrected chi connectivity index (χ1v) is 7.14. The van der Waals surface area contributed by atoms with Crippen LogP contribution in [0.5, 0.6) is 0 Å². The van der Waals surface area contributed by atoms with Gasteiger partial charge in [-0.15, -0.1) is 0 Å². The topological polar surface area (TPSA) is 87.3 Å². The molecule has 3 rings (SSSR count). The zero-order chi connectivity index (χ0) is 16.9. The molecule has 2 aromatic carbocycles. The molecule has 0 bridgehead atoms. The second kappa shape index (κ2) is 6.74. The molecule has 120 valence electrons. The minimum absolute atomic E-state index is 0.00536. The monoisotopic (exact) mass is 323 g/mol. The first kappa shape index (κ1) is 15.4. The van der Waals surface area contributed by atoms with Crippen LogP contribution in [0.15, 0.2) is 67.0 Å². The predicted octanol–water partition coefficient (Wildman–Crippen LogP) is 3.14. The summed E-state index contributed by atoms with van der Waals surface area (Å²) < 4.78 is 6.79. The second-order valence-electron chi connectivity index (χ2n) is 5.01. The van der Waals surface area contributed by atoms with Gasteiger partial charge in [-0.1, -0.05) is 18.2 Å². The van der Waals surface area contributed by atoms with Gasteiger partial charge in [0, 0.05) is 18.3 Å². The third kappa shape index (κ3) is 3.46. The van der Waals surface area contributed by atoms with Crippen molar-refractivity contribution in [2.24, 2.45) is 0 Å². The van der Waals surface area contributed by atoms with Crippen molar-refractivity contribution in [1.82, 2.24) is 9.78 Å². The molecular formula is C17H13N3O4. The number of nitro groups is 1. The lowest BCUT2D eigenvalue weighted by Crippen LogP contribution is -2.04. The number of nitrogens with zero attached hydrogens (tertiary/aromatic N) is 3. The van der Waals surface area contributed by atoms with Crippen molar-refractivity contribution >= 4 is 11.7 Å². The Kier molecular flexibility index (Phi) is 4.33. The number of aromatic nitrogens is 2. The highest BCUT2D eigenvalue weighted by Crippen LogP contribution is 2.14. The Labute approximate surface area is 137 Å². The third-order valence-electron chi connectivity index (χ3n) is 3.36. The summed E-state index contributed by atoms with van der Waals surface area (Å²) in [5.74, 6) is -0.504. The Morgan fingerprint density at radius 1 is 1.12 bits per heavy atom. The van der Waals surface area contributed by atoms with Gasteiger partial charge in [0.05, 0.1) is 22.4 Å². The van der Waals surface area contributed by atoms with Crippen molar-refractivity contribution in [1.29, 1.82) is 0 Å². The van der Waals surface area contributed by atoms with E-state index >= 15 is 0 Å². The Hall–Kier alpha value is -3.48. The van der Waals surface area contributed by atoms with Crippen molar-refractivity contribution in [3.05, 3.63) is 88.2 Å². The molecule has 3 aromatic rings. The van der Waals surface area contributed by atoms with Crippen LogP contribution in [0.3, 0.4) is 0 Å². The van der Waals surface area contributed by atoms with Gasteiger partial charge in [-0.3, -0.25) is 10.1 Å². The number of carbonyl (C=O) groups excluding carboxylic acids is 1. The van der Waals surface area contributed by atoms with Crippen LogP contribution >= 0.6 is 0 Å². The van der Waals surface area contributed by atoms with E-state index in [4.69, 9.17) is 4.74 Å². The summed E-state index contributed by atoms with van der Waals surface area (Å²) in [5.41, 5.74) is 1.84. The molecular weight excluding hydrogens is 310 g/mol. The molecule has 0 saturated heterocycles. The number of rotatable bonds is 5. The van der Waals surface area contributed by atoms with Gasteiger partial charge in [-0.05, 0) is 29.8 Å². The number of para-hydroxylation sites is 1. The maximum absolute atomic E-state index is 12.1. The van der Waals surface area contributed by atoms with Crippen molar-refractivity contribution in [2.75, 3.05) is 0 Å². The minimum Gasteiger partial charge on any atom is -0.457 e. The predicted molar refractivity (Wildman–Crippen MR) is 85.8 cm³/mol. The van der Waals surface area contributed by atoms with Crippen molar-refractivity contribution in [3.63, 3.8) is 0 Å². The molecule has 0 fully saturated rings. The Morgan fingerprint density at radius 3 is 2.50 bits per heavy atom. The molecule has 0 saturated carbocycles. The molecule has 7 heteroatoms. The standard InChI is InChI=1S/C17H13N3O4/c21-17(24-12-13-6-8-16(9-7-13)20(22)23)14-10-18-19(11-14)15-4-2-1-3-5-15/h1-11H,12H2. The number of esters is 1. The average molecular weight is 323 g/mol. The summed E-state index contributed by atoms with van der Waals surface area (Å²) in [6.07, 6.45) is 3.03. The van der Waals surface area contributed by atoms with E-state index in [9.17, 15) is 14.9 Å². The highest BCUT2D eigenvalue weighted by molar-refractivity contribution is 5.88. The number of hydrogen-bond acceptors (Lipinski definition) is 5. The van der Waals surface area contributed by atoms with Crippen LogP contribution in [-0.2, 0) is 11.3 Å². The molecule has 0 unspecified atom stereocenters. The Bertz CT molecular complexity index is 857. The smallest absolute Gasteiger partial charge is 0.341 e. The van der Waals surface area contributed by atoms with Crippen LogP contribution in [0.2, 0.25) is 0 Å². The first-order valence-electron chi connectivity index (χ1n) is 7.14. The van der Waals surface area contributed by atoms with Gasteiger partial charge in [-0.2, -0.15) is 5.10 Å². The quantitative estimate of drug-likeness (QED) is 0.409. The summed E-state index contributed by atoms with van der Waals surface area (Å²) in [6.45, 7) is 0.0351. The maximum Gasteiger partial charge on any atom is 0.341 e. The summed E-state index contributed by atoms with van der Waals surface area (Å²) in [6, 6.07) is 15.3. The van der Waals surface area contributed by atoms with Gasteiger partial charge in [-0.25, -0.2) is 9.48 Å². The molecule has 0 N–H and O–H groups in total. The normalized spacial score (nSPS) is 10.3. The van der Waals surface area contributed by atoms with Gasteiger partial charge in [0.1, 0.15) is 6.61 Å². The summed E-state index contributed by atoms with van der Waals surface area (Å²) in [5, 5.41) is 14.7. The lowest BCUT2D eigenvalue weighted by molar-refractivity contribution is -0.384.